The first-order valence-electron chi connectivity index (χ1n) is 10.9. The zero-order valence-corrected chi connectivity index (χ0v) is 19.1. The van der Waals surface area contributed by atoms with Crippen LogP contribution in [0.2, 0.25) is 0 Å². The van der Waals surface area contributed by atoms with Crippen LogP contribution in [-0.4, -0.2) is 50.1 Å². The molecule has 0 radical (unpaired) electrons. The number of nitrogen functional groups attached to an aromatic ring is 1. The normalized spacial score (nSPS) is 11.4. The summed E-state index contributed by atoms with van der Waals surface area (Å²) in [5, 5.41) is 0. The third kappa shape index (κ3) is 5.25. The molecule has 0 saturated heterocycles. The Hall–Kier alpha value is -3.59. The van der Waals surface area contributed by atoms with Crippen LogP contribution < -0.4 is 10.5 Å². The smallest absolute Gasteiger partial charge is 0.320 e. The maximum absolute atomic E-state index is 14.0. The molecule has 0 aliphatic heterocycles. The molecule has 172 valence electrons. The molecular weight excluding hydrogens is 421 g/mol. The number of rotatable bonds is 9. The van der Waals surface area contributed by atoms with Gasteiger partial charge in [-0.3, -0.25) is 4.98 Å². The molecule has 3 heterocycles. The predicted molar refractivity (Wildman–Crippen MR) is 126 cm³/mol. The quantitative estimate of drug-likeness (QED) is 0.387. The molecule has 0 bridgehead atoms. The van der Waals surface area contributed by atoms with Crippen LogP contribution in [0.15, 0.2) is 42.7 Å². The third-order valence-electron chi connectivity index (χ3n) is 5.12. The van der Waals surface area contributed by atoms with E-state index in [1.807, 2.05) is 30.8 Å². The van der Waals surface area contributed by atoms with E-state index in [2.05, 4.69) is 43.9 Å². The average molecular weight is 450 g/mol. The zero-order valence-electron chi connectivity index (χ0n) is 19.1. The van der Waals surface area contributed by atoms with Crippen LogP contribution in [0.3, 0.4) is 0 Å². The number of ether oxygens (including phenoxy) is 1. The van der Waals surface area contributed by atoms with Gasteiger partial charge in [-0.1, -0.05) is 37.6 Å². The lowest BCUT2D eigenvalue weighted by Gasteiger charge is -2.13. The molecule has 4 rings (SSSR count). The van der Waals surface area contributed by atoms with Gasteiger partial charge in [-0.15, -0.1) is 0 Å². The van der Waals surface area contributed by atoms with Gasteiger partial charge in [-0.05, 0) is 37.7 Å². The number of hydrogen-bond donors (Lipinski definition) is 1. The summed E-state index contributed by atoms with van der Waals surface area (Å²) < 4.78 is 21.6. The number of pyridine rings is 1. The summed E-state index contributed by atoms with van der Waals surface area (Å²) in [5.74, 6) is 0.292. The zero-order chi connectivity index (χ0) is 23.4. The second kappa shape index (κ2) is 9.91. The first-order valence-corrected chi connectivity index (χ1v) is 10.9. The van der Waals surface area contributed by atoms with Crippen molar-refractivity contribution in [1.29, 1.82) is 0 Å². The molecule has 0 atom stereocenters. The Morgan fingerprint density at radius 1 is 1.09 bits per heavy atom. The molecule has 33 heavy (non-hydrogen) atoms. The Kier molecular flexibility index (Phi) is 6.79. The van der Waals surface area contributed by atoms with Crippen molar-refractivity contribution in [3.63, 3.8) is 0 Å². The lowest BCUT2D eigenvalue weighted by atomic mass is 10.1. The highest BCUT2D eigenvalue weighted by molar-refractivity contribution is 5.85. The van der Waals surface area contributed by atoms with E-state index in [-0.39, 0.29) is 11.8 Å². The highest BCUT2D eigenvalue weighted by atomic mass is 19.1. The van der Waals surface area contributed by atoms with Crippen molar-refractivity contribution in [2.24, 2.45) is 0 Å². The van der Waals surface area contributed by atoms with E-state index in [4.69, 9.17) is 10.5 Å². The summed E-state index contributed by atoms with van der Waals surface area (Å²) in [5.41, 5.74) is 9.98. The van der Waals surface area contributed by atoms with E-state index >= 15 is 0 Å². The van der Waals surface area contributed by atoms with Crippen LogP contribution in [0, 0.1) is 5.82 Å². The number of hydrogen-bond acceptors (Lipinski definition) is 7. The third-order valence-corrected chi connectivity index (χ3v) is 5.12. The lowest BCUT2D eigenvalue weighted by molar-refractivity contribution is 0.286. The van der Waals surface area contributed by atoms with Gasteiger partial charge in [0.1, 0.15) is 11.6 Å². The monoisotopic (exact) mass is 449 g/mol. The fourth-order valence-electron chi connectivity index (χ4n) is 3.65. The standard InChI is InChI=1S/C24H28FN7O/c1-4-5-9-33-24-29-21(26)20-23(30-24)32(22(28-20)18-11-19(25)13-27-12-18)15-17-8-6-7-16(10-17)14-31(2)3/h6-8,10-13H,4-5,9,14-15H2,1-3H3,(H2,26,29,30). The van der Waals surface area contributed by atoms with Crippen molar-refractivity contribution >= 4 is 17.0 Å². The molecule has 9 heteroatoms. The van der Waals surface area contributed by atoms with Crippen LogP contribution in [0.4, 0.5) is 10.2 Å². The number of nitrogens with two attached hydrogens (primary N) is 1. The number of unbranched alkanes of at least 4 members (excludes halogenated alkanes) is 1. The number of imidazole rings is 1. The van der Waals surface area contributed by atoms with Gasteiger partial charge in [-0.25, -0.2) is 9.37 Å². The molecule has 8 nitrogen and oxygen atoms in total. The molecule has 0 fully saturated rings. The summed E-state index contributed by atoms with van der Waals surface area (Å²) in [6.07, 6.45) is 4.62. The summed E-state index contributed by atoms with van der Waals surface area (Å²) in [6, 6.07) is 9.91. The highest BCUT2D eigenvalue weighted by Gasteiger charge is 2.19. The van der Waals surface area contributed by atoms with E-state index < -0.39 is 5.82 Å². The number of halogens is 1. The SMILES string of the molecule is CCCCOc1nc(N)c2nc(-c3cncc(F)c3)n(Cc3cccc(CN(C)C)c3)c2n1. The van der Waals surface area contributed by atoms with E-state index in [1.54, 1.807) is 6.20 Å². The minimum Gasteiger partial charge on any atom is -0.463 e. The number of aromatic nitrogens is 5. The van der Waals surface area contributed by atoms with Gasteiger partial charge < -0.3 is 19.9 Å². The van der Waals surface area contributed by atoms with Crippen LogP contribution >= 0.6 is 0 Å². The van der Waals surface area contributed by atoms with Gasteiger partial charge in [0.05, 0.1) is 19.3 Å². The molecule has 0 unspecified atom stereocenters. The van der Waals surface area contributed by atoms with Crippen LogP contribution in [0.1, 0.15) is 30.9 Å². The predicted octanol–water partition coefficient (Wildman–Crippen LogP) is 3.90. The van der Waals surface area contributed by atoms with E-state index in [0.29, 0.717) is 35.7 Å². The van der Waals surface area contributed by atoms with Crippen molar-refractivity contribution in [2.45, 2.75) is 32.9 Å². The van der Waals surface area contributed by atoms with Gasteiger partial charge in [0.2, 0.25) is 0 Å². The second-order valence-electron chi connectivity index (χ2n) is 8.24. The van der Waals surface area contributed by atoms with Crippen molar-refractivity contribution in [1.82, 2.24) is 29.4 Å². The molecule has 0 aliphatic rings. The topological polar surface area (TPSA) is 95.0 Å². The Balaban J connectivity index is 1.82. The molecule has 0 amide bonds. The Bertz CT molecular complexity index is 1260. The lowest BCUT2D eigenvalue weighted by Crippen LogP contribution is -2.11. The summed E-state index contributed by atoms with van der Waals surface area (Å²) in [6.45, 7) is 3.88. The number of fused-ring (bicyclic) bond motifs is 1. The molecule has 0 spiro atoms. The first-order chi connectivity index (χ1) is 15.9. The Morgan fingerprint density at radius 3 is 2.67 bits per heavy atom. The minimum atomic E-state index is -0.443. The minimum absolute atomic E-state index is 0.208. The molecular formula is C24H28FN7O. The maximum Gasteiger partial charge on any atom is 0.320 e. The Labute approximate surface area is 192 Å². The fraction of sp³-hybridized carbons (Fsp3) is 0.333. The van der Waals surface area contributed by atoms with Gasteiger partial charge in [0.25, 0.3) is 0 Å². The molecule has 0 aliphatic carbocycles. The molecule has 2 N–H and O–H groups in total. The van der Waals surface area contributed by atoms with Gasteiger partial charge >= 0.3 is 6.01 Å². The van der Waals surface area contributed by atoms with Crippen molar-refractivity contribution in [3.8, 4) is 17.4 Å². The van der Waals surface area contributed by atoms with Crippen molar-refractivity contribution in [3.05, 3.63) is 59.7 Å². The van der Waals surface area contributed by atoms with Crippen LogP contribution in [-0.2, 0) is 13.1 Å². The summed E-state index contributed by atoms with van der Waals surface area (Å²) in [7, 11) is 4.07. The molecule has 0 saturated carbocycles. The second-order valence-corrected chi connectivity index (χ2v) is 8.24. The summed E-state index contributed by atoms with van der Waals surface area (Å²) in [4.78, 5) is 19.6. The van der Waals surface area contributed by atoms with Gasteiger partial charge in [0, 0.05) is 18.3 Å². The Morgan fingerprint density at radius 2 is 1.91 bits per heavy atom. The van der Waals surface area contributed by atoms with Crippen LogP contribution in [0.5, 0.6) is 6.01 Å². The molecule has 1 aromatic carbocycles. The fourth-order valence-corrected chi connectivity index (χ4v) is 3.65. The maximum atomic E-state index is 14.0. The van der Waals surface area contributed by atoms with E-state index in [1.165, 1.54) is 11.6 Å². The molecule has 4 aromatic rings. The number of anilines is 1. The average Bonchev–Trinajstić information content (AvgIpc) is 3.13. The first kappa shape index (κ1) is 22.6. The highest BCUT2D eigenvalue weighted by Crippen LogP contribution is 2.29. The number of nitrogens with zero attached hydrogens (tertiary/aromatic N) is 6. The van der Waals surface area contributed by atoms with Gasteiger partial charge in [0.15, 0.2) is 17.0 Å². The van der Waals surface area contributed by atoms with Crippen molar-refractivity contribution < 1.29 is 9.13 Å². The number of benzene rings is 1. The van der Waals surface area contributed by atoms with Crippen LogP contribution in [0.25, 0.3) is 22.6 Å². The van der Waals surface area contributed by atoms with Gasteiger partial charge in [-0.2, -0.15) is 9.97 Å². The molecule has 3 aromatic heterocycles. The largest absolute Gasteiger partial charge is 0.463 e. The van der Waals surface area contributed by atoms with E-state index in [0.717, 1.165) is 31.1 Å². The van der Waals surface area contributed by atoms with Crippen molar-refractivity contribution in [2.75, 3.05) is 26.4 Å². The summed E-state index contributed by atoms with van der Waals surface area (Å²) >= 11 is 0. The van der Waals surface area contributed by atoms with E-state index in [9.17, 15) is 4.39 Å².